The van der Waals surface area contributed by atoms with Gasteiger partial charge in [0, 0.05) is 5.56 Å². The predicted octanol–water partition coefficient (Wildman–Crippen LogP) is 1.10. The summed E-state index contributed by atoms with van der Waals surface area (Å²) in [7, 11) is 0. The fourth-order valence-electron chi connectivity index (χ4n) is 1.37. The second-order valence-corrected chi connectivity index (χ2v) is 3.48. The largest absolute Gasteiger partial charge is 0.382 e. The van der Waals surface area contributed by atoms with E-state index in [0.717, 1.165) is 12.1 Å². The van der Waals surface area contributed by atoms with Crippen LogP contribution >= 0.6 is 0 Å². The van der Waals surface area contributed by atoms with Crippen molar-refractivity contribution < 1.29 is 13.6 Å². The van der Waals surface area contributed by atoms with Crippen molar-refractivity contribution in [2.24, 2.45) is 5.73 Å². The smallest absolute Gasteiger partial charge is 0.271 e. The number of nitrogen functional groups attached to an aromatic ring is 1. The first-order valence-corrected chi connectivity index (χ1v) is 4.87. The first-order valence-electron chi connectivity index (χ1n) is 4.87. The van der Waals surface area contributed by atoms with Crippen molar-refractivity contribution >= 4 is 11.7 Å². The summed E-state index contributed by atoms with van der Waals surface area (Å²) in [6.45, 7) is 0. The highest BCUT2D eigenvalue weighted by Gasteiger charge is 2.12. The average Bonchev–Trinajstić information content (AvgIpc) is 2.33. The van der Waals surface area contributed by atoms with E-state index >= 15 is 0 Å². The van der Waals surface area contributed by atoms with Crippen molar-refractivity contribution in [1.82, 2.24) is 9.97 Å². The molecule has 18 heavy (non-hydrogen) atoms. The molecule has 1 heterocycles. The van der Waals surface area contributed by atoms with Crippen LogP contribution in [0.25, 0.3) is 11.3 Å². The summed E-state index contributed by atoms with van der Waals surface area (Å²) in [5.74, 6) is -2.96. The lowest BCUT2D eigenvalue weighted by Crippen LogP contribution is -2.17. The molecule has 0 unspecified atom stereocenters. The highest BCUT2D eigenvalue weighted by atomic mass is 19.2. The molecule has 92 valence electrons. The zero-order valence-electron chi connectivity index (χ0n) is 9.02. The van der Waals surface area contributed by atoms with Gasteiger partial charge in [0.15, 0.2) is 23.1 Å². The summed E-state index contributed by atoms with van der Waals surface area (Å²) in [5.41, 5.74) is 10.7. The molecule has 1 aromatic carbocycles. The van der Waals surface area contributed by atoms with Crippen LogP contribution in [-0.4, -0.2) is 15.9 Å². The van der Waals surface area contributed by atoms with E-state index in [2.05, 4.69) is 9.97 Å². The molecule has 0 aliphatic heterocycles. The van der Waals surface area contributed by atoms with E-state index in [1.54, 1.807) is 0 Å². The van der Waals surface area contributed by atoms with Gasteiger partial charge in [-0.15, -0.1) is 0 Å². The Morgan fingerprint density at radius 1 is 1.22 bits per heavy atom. The maximum atomic E-state index is 13.1. The Morgan fingerprint density at radius 3 is 2.56 bits per heavy atom. The second kappa shape index (κ2) is 4.36. The molecule has 0 aliphatic rings. The van der Waals surface area contributed by atoms with Crippen molar-refractivity contribution in [2.75, 3.05) is 5.73 Å². The molecule has 4 N–H and O–H groups in total. The molecule has 7 heteroatoms. The topological polar surface area (TPSA) is 94.9 Å². The van der Waals surface area contributed by atoms with Crippen LogP contribution in [0.5, 0.6) is 0 Å². The van der Waals surface area contributed by atoms with Crippen LogP contribution in [0.3, 0.4) is 0 Å². The van der Waals surface area contributed by atoms with E-state index < -0.39 is 17.5 Å². The predicted molar refractivity (Wildman–Crippen MR) is 60.3 cm³/mol. The molecular weight excluding hydrogens is 242 g/mol. The zero-order chi connectivity index (χ0) is 13.3. The summed E-state index contributed by atoms with van der Waals surface area (Å²) >= 11 is 0. The van der Waals surface area contributed by atoms with Gasteiger partial charge >= 0.3 is 0 Å². The van der Waals surface area contributed by atoms with Crippen LogP contribution in [0.15, 0.2) is 24.4 Å². The Hall–Kier alpha value is -2.57. The van der Waals surface area contributed by atoms with E-state index in [-0.39, 0.29) is 22.8 Å². The maximum absolute atomic E-state index is 13.1. The molecule has 0 fully saturated rings. The lowest BCUT2D eigenvalue weighted by atomic mass is 10.1. The van der Waals surface area contributed by atoms with Gasteiger partial charge in [-0.05, 0) is 18.2 Å². The van der Waals surface area contributed by atoms with Crippen LogP contribution in [0, 0.1) is 11.6 Å². The Labute approximate surface area is 100 Å². The summed E-state index contributed by atoms with van der Waals surface area (Å²) in [5, 5.41) is 0. The number of nitrogens with two attached hydrogens (primary N) is 2. The number of carbonyl (C=O) groups is 1. The van der Waals surface area contributed by atoms with Gasteiger partial charge < -0.3 is 11.5 Å². The second-order valence-electron chi connectivity index (χ2n) is 3.48. The Balaban J connectivity index is 2.54. The molecule has 2 aromatic rings. The highest BCUT2D eigenvalue weighted by molar-refractivity contribution is 5.95. The van der Waals surface area contributed by atoms with Gasteiger partial charge in [0.1, 0.15) is 0 Å². The number of primary amides is 1. The molecule has 0 saturated carbocycles. The van der Waals surface area contributed by atoms with Crippen LogP contribution in [-0.2, 0) is 0 Å². The zero-order valence-corrected chi connectivity index (χ0v) is 9.02. The summed E-state index contributed by atoms with van der Waals surface area (Å²) in [4.78, 5) is 18.6. The van der Waals surface area contributed by atoms with Crippen molar-refractivity contribution in [3.8, 4) is 11.3 Å². The third-order valence-electron chi connectivity index (χ3n) is 2.25. The third-order valence-corrected chi connectivity index (χ3v) is 2.25. The van der Waals surface area contributed by atoms with Crippen LogP contribution < -0.4 is 11.5 Å². The molecule has 1 aromatic heterocycles. The Kier molecular flexibility index (Phi) is 2.88. The number of aromatic nitrogens is 2. The molecule has 0 bridgehead atoms. The average molecular weight is 250 g/mol. The monoisotopic (exact) mass is 250 g/mol. The van der Waals surface area contributed by atoms with Gasteiger partial charge in [0.2, 0.25) is 0 Å². The quantitative estimate of drug-likeness (QED) is 0.834. The van der Waals surface area contributed by atoms with Gasteiger partial charge in [0.05, 0.1) is 11.9 Å². The SMILES string of the molecule is NC(=O)c1nc(-c2ccc(F)c(F)c2)cnc1N. The van der Waals surface area contributed by atoms with E-state index in [9.17, 15) is 13.6 Å². The highest BCUT2D eigenvalue weighted by Crippen LogP contribution is 2.20. The molecule has 0 radical (unpaired) electrons. The first kappa shape index (κ1) is 11.9. The van der Waals surface area contributed by atoms with Crippen LogP contribution in [0.4, 0.5) is 14.6 Å². The number of hydrogen-bond donors (Lipinski definition) is 2. The lowest BCUT2D eigenvalue weighted by molar-refractivity contribution is 0.0996. The third kappa shape index (κ3) is 2.10. The minimum atomic E-state index is -1.02. The van der Waals surface area contributed by atoms with E-state index in [4.69, 9.17) is 11.5 Å². The van der Waals surface area contributed by atoms with E-state index in [1.165, 1.54) is 12.3 Å². The standard InChI is InChI=1S/C11H8F2N4O/c12-6-2-1-5(3-7(6)13)8-4-16-10(14)9(17-8)11(15)18/h1-4H,(H2,14,16)(H2,15,18). The van der Waals surface area contributed by atoms with Gasteiger partial charge in [0.25, 0.3) is 5.91 Å². The number of halogens is 2. The van der Waals surface area contributed by atoms with Gasteiger partial charge in [-0.3, -0.25) is 4.79 Å². The van der Waals surface area contributed by atoms with Gasteiger partial charge in [-0.2, -0.15) is 0 Å². The van der Waals surface area contributed by atoms with Crippen molar-refractivity contribution in [3.05, 3.63) is 41.7 Å². The number of anilines is 1. The van der Waals surface area contributed by atoms with Crippen LogP contribution in [0.1, 0.15) is 10.5 Å². The fraction of sp³-hybridized carbons (Fsp3) is 0. The van der Waals surface area contributed by atoms with Crippen molar-refractivity contribution in [2.45, 2.75) is 0 Å². The fourth-order valence-corrected chi connectivity index (χ4v) is 1.37. The molecule has 0 atom stereocenters. The number of benzene rings is 1. The molecule has 5 nitrogen and oxygen atoms in total. The lowest BCUT2D eigenvalue weighted by Gasteiger charge is -2.04. The molecule has 0 aliphatic carbocycles. The minimum Gasteiger partial charge on any atom is -0.382 e. The van der Waals surface area contributed by atoms with Gasteiger partial charge in [-0.1, -0.05) is 0 Å². The minimum absolute atomic E-state index is 0.117. The molecule has 0 saturated heterocycles. The Bertz CT molecular complexity index is 630. The molecule has 2 rings (SSSR count). The number of amides is 1. The first-order chi connectivity index (χ1) is 8.49. The molecule has 1 amide bonds. The van der Waals surface area contributed by atoms with E-state index in [0.29, 0.717) is 0 Å². The summed E-state index contributed by atoms with van der Waals surface area (Å²) < 4.78 is 25.8. The van der Waals surface area contributed by atoms with E-state index in [1.807, 2.05) is 0 Å². The molecular formula is C11H8F2N4O. The number of hydrogen-bond acceptors (Lipinski definition) is 4. The van der Waals surface area contributed by atoms with Crippen molar-refractivity contribution in [1.29, 1.82) is 0 Å². The normalized spacial score (nSPS) is 10.3. The van der Waals surface area contributed by atoms with Gasteiger partial charge in [-0.25, -0.2) is 18.7 Å². The van der Waals surface area contributed by atoms with Crippen molar-refractivity contribution in [3.63, 3.8) is 0 Å². The van der Waals surface area contributed by atoms with Crippen LogP contribution in [0.2, 0.25) is 0 Å². The number of nitrogens with zero attached hydrogens (tertiary/aromatic N) is 2. The number of carbonyl (C=O) groups excluding carboxylic acids is 1. The summed E-state index contributed by atoms with van der Waals surface area (Å²) in [6, 6.07) is 3.20. The molecule has 0 spiro atoms. The maximum Gasteiger partial charge on any atom is 0.271 e. The Morgan fingerprint density at radius 2 is 1.94 bits per heavy atom. The number of rotatable bonds is 2. The summed E-state index contributed by atoms with van der Waals surface area (Å²) in [6.07, 6.45) is 1.24.